The molecule has 0 atom stereocenters. The lowest BCUT2D eigenvalue weighted by Crippen LogP contribution is -2.16. The third-order valence-electron chi connectivity index (χ3n) is 3.61. The Morgan fingerprint density at radius 2 is 1.92 bits per heavy atom. The van der Waals surface area contributed by atoms with E-state index >= 15 is 0 Å². The van der Waals surface area contributed by atoms with E-state index in [1.807, 2.05) is 12.3 Å². The summed E-state index contributed by atoms with van der Waals surface area (Å²) in [6.07, 6.45) is 0. The lowest BCUT2D eigenvalue weighted by atomic mass is 10.2. The number of aryl methyl sites for hydroxylation is 1. The third kappa shape index (κ3) is 3.20. The largest absolute Gasteiger partial charge is 0.496 e. The SMILES string of the molecule is COc1cccc(OC)c1C(=O)OCc1cc(=O)n2c(C)csc2n1. The molecule has 0 fully saturated rings. The van der Waals surface area contributed by atoms with Gasteiger partial charge in [-0.3, -0.25) is 9.20 Å². The summed E-state index contributed by atoms with van der Waals surface area (Å²) in [5.41, 5.74) is 1.19. The Morgan fingerprint density at radius 3 is 2.56 bits per heavy atom. The number of hydrogen-bond donors (Lipinski definition) is 0. The van der Waals surface area contributed by atoms with Crippen molar-refractivity contribution in [3.8, 4) is 11.5 Å². The normalized spacial score (nSPS) is 10.7. The van der Waals surface area contributed by atoms with Crippen LogP contribution in [0.3, 0.4) is 0 Å². The number of methoxy groups -OCH3 is 2. The third-order valence-corrected chi connectivity index (χ3v) is 4.56. The molecule has 7 nitrogen and oxygen atoms in total. The number of benzene rings is 1. The van der Waals surface area contributed by atoms with Crippen LogP contribution < -0.4 is 15.0 Å². The summed E-state index contributed by atoms with van der Waals surface area (Å²) in [6, 6.07) is 6.36. The minimum atomic E-state index is -0.612. The minimum Gasteiger partial charge on any atom is -0.496 e. The minimum absolute atomic E-state index is 0.122. The van der Waals surface area contributed by atoms with Gasteiger partial charge in [0.05, 0.1) is 19.9 Å². The molecular weight excluding hydrogens is 344 g/mol. The van der Waals surface area contributed by atoms with Gasteiger partial charge in [0.25, 0.3) is 5.56 Å². The first kappa shape index (κ1) is 17.0. The molecule has 2 heterocycles. The van der Waals surface area contributed by atoms with E-state index in [1.54, 1.807) is 18.2 Å². The molecule has 25 heavy (non-hydrogen) atoms. The molecule has 0 N–H and O–H groups in total. The summed E-state index contributed by atoms with van der Waals surface area (Å²) in [6.45, 7) is 1.71. The number of thiazole rings is 1. The summed E-state index contributed by atoms with van der Waals surface area (Å²) in [5.74, 6) is 0.0853. The highest BCUT2D eigenvalue weighted by atomic mass is 32.1. The number of hydrogen-bond acceptors (Lipinski definition) is 7. The number of nitrogens with zero attached hydrogens (tertiary/aromatic N) is 2. The fourth-order valence-electron chi connectivity index (χ4n) is 2.44. The van der Waals surface area contributed by atoms with E-state index in [4.69, 9.17) is 14.2 Å². The van der Waals surface area contributed by atoms with Gasteiger partial charge in [-0.15, -0.1) is 11.3 Å². The average Bonchev–Trinajstić information content (AvgIpc) is 3.00. The van der Waals surface area contributed by atoms with Crippen LogP contribution in [0, 0.1) is 6.92 Å². The van der Waals surface area contributed by atoms with Crippen molar-refractivity contribution < 1.29 is 19.0 Å². The topological polar surface area (TPSA) is 79.1 Å². The zero-order valence-corrected chi connectivity index (χ0v) is 14.8. The maximum absolute atomic E-state index is 12.4. The predicted octanol–water partition coefficient (Wildman–Crippen LogP) is 2.44. The molecule has 0 aliphatic carbocycles. The second-order valence-electron chi connectivity index (χ2n) is 5.19. The molecule has 3 aromatic rings. The fourth-order valence-corrected chi connectivity index (χ4v) is 3.33. The van der Waals surface area contributed by atoms with Crippen molar-refractivity contribution in [1.29, 1.82) is 0 Å². The molecule has 3 rings (SSSR count). The number of rotatable bonds is 5. The van der Waals surface area contributed by atoms with Crippen LogP contribution in [0.5, 0.6) is 11.5 Å². The van der Waals surface area contributed by atoms with Crippen LogP contribution in [0.25, 0.3) is 4.96 Å². The summed E-state index contributed by atoms with van der Waals surface area (Å²) in [4.78, 5) is 29.5. The van der Waals surface area contributed by atoms with E-state index in [1.165, 1.54) is 36.0 Å². The van der Waals surface area contributed by atoms with Gasteiger partial charge in [0.15, 0.2) is 4.96 Å². The Morgan fingerprint density at radius 1 is 1.24 bits per heavy atom. The van der Waals surface area contributed by atoms with Crippen LogP contribution in [0.4, 0.5) is 0 Å². The van der Waals surface area contributed by atoms with E-state index in [0.29, 0.717) is 22.2 Å². The van der Waals surface area contributed by atoms with Crippen LogP contribution in [-0.4, -0.2) is 29.6 Å². The van der Waals surface area contributed by atoms with Crippen molar-refractivity contribution >= 4 is 22.3 Å². The molecule has 130 valence electrons. The molecule has 0 unspecified atom stereocenters. The van der Waals surface area contributed by atoms with E-state index in [0.717, 1.165) is 5.69 Å². The maximum Gasteiger partial charge on any atom is 0.346 e. The number of carbonyl (C=O) groups is 1. The highest BCUT2D eigenvalue weighted by Crippen LogP contribution is 2.29. The predicted molar refractivity (Wildman–Crippen MR) is 92.7 cm³/mol. The number of esters is 1. The average molecular weight is 360 g/mol. The molecule has 0 aliphatic heterocycles. The first-order valence-corrected chi connectivity index (χ1v) is 8.28. The highest BCUT2D eigenvalue weighted by molar-refractivity contribution is 7.15. The van der Waals surface area contributed by atoms with Crippen LogP contribution in [0.15, 0.2) is 34.4 Å². The standard InChI is InChI=1S/C17H16N2O5S/c1-10-9-25-17-18-11(7-14(20)19(10)17)8-24-16(21)15-12(22-2)5-4-6-13(15)23-3/h4-7,9H,8H2,1-3H3. The van der Waals surface area contributed by atoms with E-state index in [-0.39, 0.29) is 17.7 Å². The first-order valence-electron chi connectivity index (χ1n) is 7.40. The van der Waals surface area contributed by atoms with Gasteiger partial charge in [0.2, 0.25) is 0 Å². The van der Waals surface area contributed by atoms with E-state index < -0.39 is 5.97 Å². The quantitative estimate of drug-likeness (QED) is 0.650. The van der Waals surface area contributed by atoms with Crippen molar-refractivity contribution in [2.75, 3.05) is 14.2 Å². The molecule has 0 spiro atoms. The van der Waals surface area contributed by atoms with Crippen molar-refractivity contribution in [3.63, 3.8) is 0 Å². The zero-order chi connectivity index (χ0) is 18.0. The van der Waals surface area contributed by atoms with Crippen LogP contribution in [0.1, 0.15) is 21.7 Å². The lowest BCUT2D eigenvalue weighted by Gasteiger charge is -2.12. The first-order chi connectivity index (χ1) is 12.0. The molecule has 0 saturated carbocycles. The number of ether oxygens (including phenoxy) is 3. The maximum atomic E-state index is 12.4. The molecule has 0 aliphatic rings. The van der Waals surface area contributed by atoms with Crippen molar-refractivity contribution in [1.82, 2.24) is 9.38 Å². The fraction of sp³-hybridized carbons (Fsp3) is 0.235. The van der Waals surface area contributed by atoms with Gasteiger partial charge in [0.1, 0.15) is 23.7 Å². The number of carbonyl (C=O) groups excluding carboxylic acids is 1. The molecule has 0 amide bonds. The Kier molecular flexibility index (Phi) is 4.71. The van der Waals surface area contributed by atoms with Gasteiger partial charge >= 0.3 is 5.97 Å². The molecule has 0 saturated heterocycles. The van der Waals surface area contributed by atoms with Gasteiger partial charge in [-0.1, -0.05) is 6.07 Å². The van der Waals surface area contributed by atoms with Crippen molar-refractivity contribution in [2.45, 2.75) is 13.5 Å². The van der Waals surface area contributed by atoms with Crippen LogP contribution in [-0.2, 0) is 11.3 Å². The van der Waals surface area contributed by atoms with E-state index in [9.17, 15) is 9.59 Å². The van der Waals surface area contributed by atoms with E-state index in [2.05, 4.69) is 4.98 Å². The van der Waals surface area contributed by atoms with Gasteiger partial charge in [-0.25, -0.2) is 9.78 Å². The second kappa shape index (κ2) is 6.94. The summed E-state index contributed by atoms with van der Waals surface area (Å²) >= 11 is 1.36. The molecule has 8 heteroatoms. The molecule has 0 radical (unpaired) electrons. The van der Waals surface area contributed by atoms with Crippen LogP contribution >= 0.6 is 11.3 Å². The summed E-state index contributed by atoms with van der Waals surface area (Å²) in [5, 5.41) is 1.85. The summed E-state index contributed by atoms with van der Waals surface area (Å²) < 4.78 is 17.2. The molecule has 2 aromatic heterocycles. The number of fused-ring (bicyclic) bond motifs is 1. The van der Waals surface area contributed by atoms with Gasteiger partial charge < -0.3 is 14.2 Å². The Balaban J connectivity index is 1.85. The molecule has 0 bridgehead atoms. The number of aromatic nitrogens is 2. The summed E-state index contributed by atoms with van der Waals surface area (Å²) in [7, 11) is 2.92. The van der Waals surface area contributed by atoms with Gasteiger partial charge in [-0.05, 0) is 19.1 Å². The zero-order valence-electron chi connectivity index (χ0n) is 13.9. The molecule has 1 aromatic carbocycles. The van der Waals surface area contributed by atoms with Crippen molar-refractivity contribution in [2.24, 2.45) is 0 Å². The van der Waals surface area contributed by atoms with Crippen LogP contribution in [0.2, 0.25) is 0 Å². The lowest BCUT2D eigenvalue weighted by molar-refractivity contribution is 0.0460. The second-order valence-corrected chi connectivity index (χ2v) is 6.03. The van der Waals surface area contributed by atoms with Crippen molar-refractivity contribution in [3.05, 3.63) is 57.0 Å². The molecular formula is C17H16N2O5S. The smallest absolute Gasteiger partial charge is 0.346 e. The monoisotopic (exact) mass is 360 g/mol. The Hall–Kier alpha value is -2.87. The van der Waals surface area contributed by atoms with Gasteiger partial charge in [0, 0.05) is 17.1 Å². The Labute approximate surface area is 147 Å². The van der Waals surface area contributed by atoms with Gasteiger partial charge in [-0.2, -0.15) is 0 Å². The highest BCUT2D eigenvalue weighted by Gasteiger charge is 2.20. The Bertz CT molecular complexity index is 970.